The number of carbonyl (C=O) groups excluding carboxylic acids is 2. The lowest BCUT2D eigenvalue weighted by Crippen LogP contribution is -2.51. The monoisotopic (exact) mass is 252 g/mol. The molecule has 6 nitrogen and oxygen atoms in total. The quantitative estimate of drug-likeness (QED) is 0.771. The van der Waals surface area contributed by atoms with Crippen molar-refractivity contribution < 1.29 is 18.7 Å². The van der Waals surface area contributed by atoms with Gasteiger partial charge in [0, 0.05) is 33.3 Å². The number of amides is 2. The normalized spacial score (nSPS) is 15.8. The van der Waals surface area contributed by atoms with Crippen LogP contribution in [0, 0.1) is 0 Å². The second-order valence-electron chi connectivity index (χ2n) is 4.12. The van der Waals surface area contributed by atoms with Gasteiger partial charge >= 0.3 is 0 Å². The zero-order chi connectivity index (χ0) is 13.0. The van der Waals surface area contributed by atoms with E-state index in [1.165, 1.54) is 19.6 Å². The average Bonchev–Trinajstić information content (AvgIpc) is 2.92. The van der Waals surface area contributed by atoms with Gasteiger partial charge in [0.1, 0.15) is 12.9 Å². The molecule has 0 saturated carbocycles. The van der Waals surface area contributed by atoms with Crippen molar-refractivity contribution in [2.45, 2.75) is 0 Å². The van der Waals surface area contributed by atoms with E-state index < -0.39 is 0 Å². The van der Waals surface area contributed by atoms with Crippen molar-refractivity contribution in [3.05, 3.63) is 24.2 Å². The van der Waals surface area contributed by atoms with E-state index >= 15 is 0 Å². The number of carbonyl (C=O) groups is 2. The van der Waals surface area contributed by atoms with Crippen LogP contribution < -0.4 is 0 Å². The van der Waals surface area contributed by atoms with Gasteiger partial charge in [-0.25, -0.2) is 0 Å². The molecular formula is C12H16N2O4. The summed E-state index contributed by atoms with van der Waals surface area (Å²) in [5.74, 6) is -0.0875. The Balaban J connectivity index is 1.87. The van der Waals surface area contributed by atoms with Gasteiger partial charge in [-0.15, -0.1) is 0 Å². The minimum Gasteiger partial charge on any atom is -0.472 e. The van der Waals surface area contributed by atoms with E-state index in [-0.39, 0.29) is 18.4 Å². The molecule has 0 unspecified atom stereocenters. The third-order valence-electron chi connectivity index (χ3n) is 2.96. The molecule has 1 fully saturated rings. The molecule has 0 bridgehead atoms. The maximum absolute atomic E-state index is 12.0. The van der Waals surface area contributed by atoms with Crippen molar-refractivity contribution in [1.29, 1.82) is 0 Å². The molecule has 1 saturated heterocycles. The van der Waals surface area contributed by atoms with E-state index in [4.69, 9.17) is 9.15 Å². The summed E-state index contributed by atoms with van der Waals surface area (Å²) in [4.78, 5) is 27.0. The highest BCUT2D eigenvalue weighted by Crippen LogP contribution is 2.09. The van der Waals surface area contributed by atoms with Crippen molar-refractivity contribution in [1.82, 2.24) is 9.80 Å². The fraction of sp³-hybridized carbons (Fsp3) is 0.500. The molecule has 0 radical (unpaired) electrons. The summed E-state index contributed by atoms with van der Waals surface area (Å²) < 4.78 is 9.70. The number of hydrogen-bond acceptors (Lipinski definition) is 4. The molecule has 2 rings (SSSR count). The van der Waals surface area contributed by atoms with Gasteiger partial charge in [0.2, 0.25) is 5.91 Å². The Morgan fingerprint density at radius 2 is 1.94 bits per heavy atom. The lowest BCUT2D eigenvalue weighted by Gasteiger charge is -2.34. The van der Waals surface area contributed by atoms with Crippen molar-refractivity contribution in [3.8, 4) is 0 Å². The molecule has 6 heteroatoms. The maximum atomic E-state index is 12.0. The molecule has 1 aromatic heterocycles. The zero-order valence-electron chi connectivity index (χ0n) is 10.3. The van der Waals surface area contributed by atoms with E-state index in [2.05, 4.69) is 0 Å². The standard InChI is InChI=1S/C12H16N2O4/c1-17-9-11(15)13-3-5-14(6-4-13)12(16)10-2-7-18-8-10/h2,7-8H,3-6,9H2,1H3. The minimum atomic E-state index is -0.0532. The number of rotatable bonds is 3. The van der Waals surface area contributed by atoms with Crippen LogP contribution in [0.25, 0.3) is 0 Å². The molecule has 0 aromatic carbocycles. The largest absolute Gasteiger partial charge is 0.472 e. The fourth-order valence-electron chi connectivity index (χ4n) is 1.94. The van der Waals surface area contributed by atoms with Crippen LogP contribution in [0.4, 0.5) is 0 Å². The highest BCUT2D eigenvalue weighted by molar-refractivity contribution is 5.94. The Hall–Kier alpha value is -1.82. The smallest absolute Gasteiger partial charge is 0.257 e. The van der Waals surface area contributed by atoms with E-state index in [0.29, 0.717) is 31.7 Å². The molecule has 98 valence electrons. The molecule has 18 heavy (non-hydrogen) atoms. The number of piperazine rings is 1. The Morgan fingerprint density at radius 3 is 2.50 bits per heavy atom. The first-order chi connectivity index (χ1) is 8.72. The minimum absolute atomic E-state index is 0.0343. The van der Waals surface area contributed by atoms with Crippen molar-refractivity contribution in [3.63, 3.8) is 0 Å². The van der Waals surface area contributed by atoms with Crippen LogP contribution in [-0.4, -0.2) is 61.5 Å². The molecule has 1 aliphatic heterocycles. The van der Waals surface area contributed by atoms with Crippen molar-refractivity contribution >= 4 is 11.8 Å². The Bertz CT molecular complexity index is 408. The summed E-state index contributed by atoms with van der Waals surface area (Å²) >= 11 is 0. The molecule has 2 heterocycles. The summed E-state index contributed by atoms with van der Waals surface area (Å²) in [6, 6.07) is 1.64. The van der Waals surface area contributed by atoms with Gasteiger partial charge in [-0.05, 0) is 6.07 Å². The second kappa shape index (κ2) is 5.68. The van der Waals surface area contributed by atoms with Crippen LogP contribution >= 0.6 is 0 Å². The summed E-state index contributed by atoms with van der Waals surface area (Å²) in [6.07, 6.45) is 2.91. The van der Waals surface area contributed by atoms with Crippen LogP contribution in [0.3, 0.4) is 0 Å². The topological polar surface area (TPSA) is 63.0 Å². The van der Waals surface area contributed by atoms with Crippen LogP contribution in [0.15, 0.2) is 23.0 Å². The summed E-state index contributed by atoms with van der Waals surface area (Å²) in [5, 5.41) is 0. The first-order valence-corrected chi connectivity index (χ1v) is 5.80. The van der Waals surface area contributed by atoms with Crippen molar-refractivity contribution in [2.75, 3.05) is 39.9 Å². The molecule has 0 atom stereocenters. The first-order valence-electron chi connectivity index (χ1n) is 5.80. The molecular weight excluding hydrogens is 236 g/mol. The Morgan fingerprint density at radius 1 is 1.28 bits per heavy atom. The van der Waals surface area contributed by atoms with E-state index in [1.54, 1.807) is 15.9 Å². The van der Waals surface area contributed by atoms with Gasteiger partial charge in [0.05, 0.1) is 11.8 Å². The summed E-state index contributed by atoms with van der Waals surface area (Å²) in [7, 11) is 1.50. The van der Waals surface area contributed by atoms with E-state index in [9.17, 15) is 9.59 Å². The van der Waals surface area contributed by atoms with Gasteiger partial charge in [0.15, 0.2) is 0 Å². The lowest BCUT2D eigenvalue weighted by molar-refractivity contribution is -0.136. The van der Waals surface area contributed by atoms with E-state index in [0.717, 1.165) is 0 Å². The molecule has 0 spiro atoms. The van der Waals surface area contributed by atoms with Gasteiger partial charge in [-0.1, -0.05) is 0 Å². The SMILES string of the molecule is COCC(=O)N1CCN(C(=O)c2ccoc2)CC1. The number of nitrogens with zero attached hydrogens (tertiary/aromatic N) is 2. The molecule has 1 aliphatic rings. The summed E-state index contributed by atoms with van der Waals surface area (Å²) in [5.41, 5.74) is 0.548. The molecule has 0 N–H and O–H groups in total. The highest BCUT2D eigenvalue weighted by Gasteiger charge is 2.24. The fourth-order valence-corrected chi connectivity index (χ4v) is 1.94. The number of ether oxygens (including phenoxy) is 1. The average molecular weight is 252 g/mol. The van der Waals surface area contributed by atoms with Gasteiger partial charge in [-0.3, -0.25) is 9.59 Å². The van der Waals surface area contributed by atoms with Crippen molar-refractivity contribution in [2.24, 2.45) is 0 Å². The van der Waals surface area contributed by atoms with Crippen LogP contribution in [0.1, 0.15) is 10.4 Å². The van der Waals surface area contributed by atoms with Gasteiger partial charge in [0.25, 0.3) is 5.91 Å². The molecule has 2 amide bonds. The first kappa shape index (κ1) is 12.6. The third kappa shape index (κ3) is 2.70. The van der Waals surface area contributed by atoms with Crippen LogP contribution in [0.5, 0.6) is 0 Å². The Kier molecular flexibility index (Phi) is 3.99. The van der Waals surface area contributed by atoms with E-state index in [1.807, 2.05) is 0 Å². The second-order valence-corrected chi connectivity index (χ2v) is 4.12. The lowest BCUT2D eigenvalue weighted by atomic mass is 10.2. The zero-order valence-corrected chi connectivity index (χ0v) is 10.3. The third-order valence-corrected chi connectivity index (χ3v) is 2.96. The predicted molar refractivity (Wildman–Crippen MR) is 63.1 cm³/mol. The predicted octanol–water partition coefficient (Wildman–Crippen LogP) is 0.210. The van der Waals surface area contributed by atoms with Crippen LogP contribution in [0.2, 0.25) is 0 Å². The summed E-state index contributed by atoms with van der Waals surface area (Å²) in [6.45, 7) is 2.27. The number of hydrogen-bond donors (Lipinski definition) is 0. The Labute approximate surface area is 105 Å². The molecule has 1 aromatic rings. The maximum Gasteiger partial charge on any atom is 0.257 e. The highest BCUT2D eigenvalue weighted by atomic mass is 16.5. The number of methoxy groups -OCH3 is 1. The molecule has 0 aliphatic carbocycles. The number of furan rings is 1. The van der Waals surface area contributed by atoms with Gasteiger partial charge < -0.3 is 19.0 Å². The van der Waals surface area contributed by atoms with Gasteiger partial charge in [-0.2, -0.15) is 0 Å². The van der Waals surface area contributed by atoms with Crippen LogP contribution in [-0.2, 0) is 9.53 Å².